The van der Waals surface area contributed by atoms with Crippen molar-refractivity contribution in [3.8, 4) is 0 Å². The molecule has 3 rings (SSSR count). The highest BCUT2D eigenvalue weighted by atomic mass is 16.5. The molecule has 0 radical (unpaired) electrons. The van der Waals surface area contributed by atoms with E-state index in [2.05, 4.69) is 19.2 Å². The second kappa shape index (κ2) is 4.44. The first-order valence-corrected chi connectivity index (χ1v) is 7.18. The van der Waals surface area contributed by atoms with Gasteiger partial charge in [0.15, 0.2) is 0 Å². The molecule has 0 aromatic carbocycles. The normalized spacial score (nSPS) is 46.5. The van der Waals surface area contributed by atoms with Gasteiger partial charge in [-0.25, -0.2) is 0 Å². The summed E-state index contributed by atoms with van der Waals surface area (Å²) in [4.78, 5) is 0. The van der Waals surface area contributed by atoms with Crippen molar-refractivity contribution in [2.24, 2.45) is 11.3 Å². The van der Waals surface area contributed by atoms with E-state index in [1.165, 1.54) is 12.8 Å². The highest BCUT2D eigenvalue weighted by Crippen LogP contribution is 2.51. The second-order valence-corrected chi connectivity index (χ2v) is 6.80. The van der Waals surface area contributed by atoms with Gasteiger partial charge in [-0.15, -0.1) is 0 Å². The molecular weight excluding hydrogens is 230 g/mol. The summed E-state index contributed by atoms with van der Waals surface area (Å²) >= 11 is 0. The van der Waals surface area contributed by atoms with Crippen LogP contribution in [-0.2, 0) is 9.47 Å². The molecule has 0 spiro atoms. The Kier molecular flexibility index (Phi) is 3.17. The lowest BCUT2D eigenvalue weighted by molar-refractivity contribution is -0.194. The van der Waals surface area contributed by atoms with Crippen LogP contribution in [0.25, 0.3) is 0 Å². The van der Waals surface area contributed by atoms with Crippen LogP contribution in [-0.4, -0.2) is 49.2 Å². The highest BCUT2D eigenvalue weighted by Gasteiger charge is 2.57. The van der Waals surface area contributed by atoms with Gasteiger partial charge in [-0.05, 0) is 12.8 Å². The third-order valence-corrected chi connectivity index (χ3v) is 5.06. The fraction of sp³-hybridized carbons (Fsp3) is 1.00. The van der Waals surface area contributed by atoms with Crippen LogP contribution < -0.4 is 5.32 Å². The van der Waals surface area contributed by atoms with Crippen molar-refractivity contribution in [2.45, 2.75) is 50.9 Å². The maximum Gasteiger partial charge on any atom is 0.102 e. The van der Waals surface area contributed by atoms with Gasteiger partial charge in [0.05, 0.1) is 12.7 Å². The molecule has 1 aliphatic carbocycles. The SMILES string of the molecule is CC1(C)C(NCC2(O)CCOC2)C2CCCOC21. The average Bonchev–Trinajstić information content (AvgIpc) is 2.76. The minimum absolute atomic E-state index is 0.181. The lowest BCUT2D eigenvalue weighted by Gasteiger charge is -2.60. The highest BCUT2D eigenvalue weighted by molar-refractivity contribution is 5.10. The first kappa shape index (κ1) is 12.9. The molecule has 3 aliphatic rings. The fourth-order valence-electron chi connectivity index (χ4n) is 3.97. The lowest BCUT2D eigenvalue weighted by Crippen LogP contribution is -2.70. The Morgan fingerprint density at radius 2 is 2.17 bits per heavy atom. The molecule has 4 unspecified atom stereocenters. The molecule has 4 atom stereocenters. The molecule has 2 aliphatic heterocycles. The van der Waals surface area contributed by atoms with E-state index in [4.69, 9.17) is 9.47 Å². The van der Waals surface area contributed by atoms with Crippen LogP contribution in [0.3, 0.4) is 0 Å². The van der Waals surface area contributed by atoms with Gasteiger partial charge in [0.1, 0.15) is 5.60 Å². The zero-order chi connectivity index (χ0) is 12.8. The molecule has 1 saturated carbocycles. The zero-order valence-electron chi connectivity index (χ0n) is 11.4. The van der Waals surface area contributed by atoms with Crippen LogP contribution in [0.5, 0.6) is 0 Å². The molecule has 0 bridgehead atoms. The Balaban J connectivity index is 1.59. The third-order valence-electron chi connectivity index (χ3n) is 5.06. The summed E-state index contributed by atoms with van der Waals surface area (Å²) in [5.74, 6) is 0.625. The van der Waals surface area contributed by atoms with Gasteiger partial charge < -0.3 is 19.9 Å². The van der Waals surface area contributed by atoms with E-state index in [0.717, 1.165) is 13.0 Å². The number of nitrogens with one attached hydrogen (secondary N) is 1. The zero-order valence-corrected chi connectivity index (χ0v) is 11.4. The minimum Gasteiger partial charge on any atom is -0.386 e. The van der Waals surface area contributed by atoms with Crippen molar-refractivity contribution in [1.29, 1.82) is 0 Å². The number of hydrogen-bond donors (Lipinski definition) is 2. The molecule has 2 saturated heterocycles. The molecule has 104 valence electrons. The summed E-state index contributed by atoms with van der Waals surface area (Å²) in [5.41, 5.74) is -0.475. The topological polar surface area (TPSA) is 50.7 Å². The second-order valence-electron chi connectivity index (χ2n) is 6.80. The van der Waals surface area contributed by atoms with Gasteiger partial charge in [-0.3, -0.25) is 0 Å². The smallest absolute Gasteiger partial charge is 0.102 e. The Labute approximate surface area is 109 Å². The number of fused-ring (bicyclic) bond motifs is 1. The first-order chi connectivity index (χ1) is 8.53. The van der Waals surface area contributed by atoms with E-state index in [-0.39, 0.29) is 5.41 Å². The number of ether oxygens (including phenoxy) is 2. The van der Waals surface area contributed by atoms with Crippen LogP contribution in [0.15, 0.2) is 0 Å². The quantitative estimate of drug-likeness (QED) is 0.788. The fourth-order valence-corrected chi connectivity index (χ4v) is 3.97. The van der Waals surface area contributed by atoms with Crippen molar-refractivity contribution >= 4 is 0 Å². The van der Waals surface area contributed by atoms with Crippen LogP contribution in [0.1, 0.15) is 33.1 Å². The summed E-state index contributed by atoms with van der Waals surface area (Å²) in [6, 6.07) is 0.465. The van der Waals surface area contributed by atoms with Gasteiger partial charge in [0.2, 0.25) is 0 Å². The first-order valence-electron chi connectivity index (χ1n) is 7.18. The molecule has 0 aromatic rings. The molecule has 3 fully saturated rings. The van der Waals surface area contributed by atoms with Gasteiger partial charge in [0, 0.05) is 43.6 Å². The summed E-state index contributed by atoms with van der Waals surface area (Å²) in [7, 11) is 0. The molecular formula is C14H25NO3. The number of rotatable bonds is 3. The minimum atomic E-state index is -0.656. The van der Waals surface area contributed by atoms with E-state index in [0.29, 0.717) is 37.8 Å². The average molecular weight is 255 g/mol. The predicted molar refractivity (Wildman–Crippen MR) is 68.4 cm³/mol. The predicted octanol–water partition coefficient (Wildman–Crippen LogP) is 0.931. The molecule has 2 N–H and O–H groups in total. The standard InChI is InChI=1S/C14H25NO3/c1-13(2)11(10-4-3-6-18-12(10)13)15-8-14(16)5-7-17-9-14/h10-12,15-16H,3-9H2,1-2H3. The molecule has 4 heteroatoms. The van der Waals surface area contributed by atoms with E-state index < -0.39 is 5.60 Å². The van der Waals surface area contributed by atoms with E-state index in [1.807, 2.05) is 0 Å². The molecule has 18 heavy (non-hydrogen) atoms. The van der Waals surface area contributed by atoms with E-state index in [9.17, 15) is 5.11 Å². The number of hydrogen-bond acceptors (Lipinski definition) is 4. The van der Waals surface area contributed by atoms with E-state index >= 15 is 0 Å². The molecule has 4 nitrogen and oxygen atoms in total. The van der Waals surface area contributed by atoms with Gasteiger partial charge in [-0.2, -0.15) is 0 Å². The van der Waals surface area contributed by atoms with E-state index in [1.54, 1.807) is 0 Å². The molecule has 0 amide bonds. The monoisotopic (exact) mass is 255 g/mol. The lowest BCUT2D eigenvalue weighted by atomic mass is 9.55. The van der Waals surface area contributed by atoms with Gasteiger partial charge in [-0.1, -0.05) is 13.8 Å². The number of aliphatic hydroxyl groups is 1. The Morgan fingerprint density at radius 1 is 1.33 bits per heavy atom. The third kappa shape index (κ3) is 1.99. The van der Waals surface area contributed by atoms with Crippen molar-refractivity contribution < 1.29 is 14.6 Å². The van der Waals surface area contributed by atoms with Gasteiger partial charge >= 0.3 is 0 Å². The summed E-state index contributed by atoms with van der Waals surface area (Å²) in [6.07, 6.45) is 3.57. The van der Waals surface area contributed by atoms with Crippen molar-refractivity contribution in [3.63, 3.8) is 0 Å². The van der Waals surface area contributed by atoms with Crippen molar-refractivity contribution in [3.05, 3.63) is 0 Å². The van der Waals surface area contributed by atoms with Crippen molar-refractivity contribution in [1.82, 2.24) is 5.32 Å². The molecule has 2 heterocycles. The Bertz CT molecular complexity index is 312. The van der Waals surface area contributed by atoms with Crippen LogP contribution >= 0.6 is 0 Å². The van der Waals surface area contributed by atoms with Crippen molar-refractivity contribution in [2.75, 3.05) is 26.4 Å². The summed E-state index contributed by atoms with van der Waals surface area (Å²) in [5, 5.41) is 13.9. The summed E-state index contributed by atoms with van der Waals surface area (Å²) in [6.45, 7) is 7.25. The molecule has 0 aromatic heterocycles. The van der Waals surface area contributed by atoms with Crippen LogP contribution in [0.2, 0.25) is 0 Å². The largest absolute Gasteiger partial charge is 0.386 e. The Morgan fingerprint density at radius 3 is 2.89 bits per heavy atom. The summed E-state index contributed by atoms with van der Waals surface area (Å²) < 4.78 is 11.2. The van der Waals surface area contributed by atoms with Gasteiger partial charge in [0.25, 0.3) is 0 Å². The van der Waals surface area contributed by atoms with Crippen LogP contribution in [0.4, 0.5) is 0 Å². The van der Waals surface area contributed by atoms with Crippen LogP contribution in [0, 0.1) is 11.3 Å². The Hall–Kier alpha value is -0.160. The maximum atomic E-state index is 10.3. The maximum absolute atomic E-state index is 10.3.